The molecule has 1 aliphatic heterocycles. The zero-order valence-electron chi connectivity index (χ0n) is 15.5. The molecule has 2 aromatic carbocycles. The summed E-state index contributed by atoms with van der Waals surface area (Å²) in [6.45, 7) is 2.55. The van der Waals surface area contributed by atoms with Crippen LogP contribution in [0.15, 0.2) is 66.7 Å². The van der Waals surface area contributed by atoms with E-state index in [0.29, 0.717) is 31.7 Å². The monoisotopic (exact) mass is 376 g/mol. The third-order valence-electron chi connectivity index (χ3n) is 4.98. The number of carbonyl (C=O) groups is 1. The molecule has 0 bridgehead atoms. The summed E-state index contributed by atoms with van der Waals surface area (Å²) in [6, 6.07) is 20.3. The fourth-order valence-electron chi connectivity index (χ4n) is 3.36. The quantitative estimate of drug-likeness (QED) is 0.702. The molecule has 0 radical (unpaired) electrons. The molecule has 5 nitrogen and oxygen atoms in total. The Bertz CT molecular complexity index is 938. The molecule has 0 aliphatic carbocycles. The van der Waals surface area contributed by atoms with E-state index in [1.165, 1.54) is 6.07 Å². The molecule has 1 amide bonds. The van der Waals surface area contributed by atoms with Gasteiger partial charge >= 0.3 is 0 Å². The molecule has 3 aromatic rings. The molecule has 0 saturated carbocycles. The maximum atomic E-state index is 13.8. The Hall–Kier alpha value is -3.28. The Kier molecular flexibility index (Phi) is 5.28. The molecule has 0 unspecified atom stereocenters. The lowest BCUT2D eigenvalue weighted by atomic mass is 10.1. The average Bonchev–Trinajstić information content (AvgIpc) is 2.76. The molecule has 0 spiro atoms. The van der Waals surface area contributed by atoms with Crippen LogP contribution in [0.4, 0.5) is 10.2 Å². The van der Waals surface area contributed by atoms with E-state index in [2.05, 4.69) is 15.1 Å². The van der Waals surface area contributed by atoms with Crippen LogP contribution in [0.1, 0.15) is 5.56 Å². The molecule has 4 rings (SSSR count). The fourth-order valence-corrected chi connectivity index (χ4v) is 3.36. The van der Waals surface area contributed by atoms with E-state index in [4.69, 9.17) is 0 Å². The van der Waals surface area contributed by atoms with Crippen molar-refractivity contribution in [3.63, 3.8) is 0 Å². The summed E-state index contributed by atoms with van der Waals surface area (Å²) in [4.78, 5) is 16.4. The Balaban J connectivity index is 1.35. The second-order valence-corrected chi connectivity index (χ2v) is 6.78. The van der Waals surface area contributed by atoms with Gasteiger partial charge in [-0.3, -0.25) is 4.79 Å². The van der Waals surface area contributed by atoms with E-state index in [1.54, 1.807) is 23.1 Å². The molecule has 0 N–H and O–H groups in total. The normalized spacial score (nSPS) is 14.2. The van der Waals surface area contributed by atoms with Gasteiger partial charge < -0.3 is 9.80 Å². The van der Waals surface area contributed by atoms with Crippen LogP contribution in [-0.4, -0.2) is 47.2 Å². The summed E-state index contributed by atoms with van der Waals surface area (Å²) >= 11 is 0. The number of benzene rings is 2. The minimum absolute atomic E-state index is 0.0461. The average molecular weight is 376 g/mol. The largest absolute Gasteiger partial charge is 0.352 e. The van der Waals surface area contributed by atoms with Crippen molar-refractivity contribution in [3.05, 3.63) is 78.1 Å². The minimum Gasteiger partial charge on any atom is -0.352 e. The molecule has 1 saturated heterocycles. The zero-order valence-corrected chi connectivity index (χ0v) is 15.5. The standard InChI is InChI=1S/C22H21FN4O/c23-19-9-5-4-8-18(19)16-22(28)27-14-12-26(13-15-27)21-11-10-20(24-25-21)17-6-2-1-3-7-17/h1-11H,12-16H2. The molecule has 1 aromatic heterocycles. The summed E-state index contributed by atoms with van der Waals surface area (Å²) in [5, 5.41) is 8.68. The van der Waals surface area contributed by atoms with Crippen LogP contribution < -0.4 is 4.90 Å². The van der Waals surface area contributed by atoms with Crippen molar-refractivity contribution >= 4 is 11.7 Å². The van der Waals surface area contributed by atoms with Crippen molar-refractivity contribution in [3.8, 4) is 11.3 Å². The van der Waals surface area contributed by atoms with Crippen LogP contribution in [0.25, 0.3) is 11.3 Å². The number of nitrogens with zero attached hydrogens (tertiary/aromatic N) is 4. The molecule has 2 heterocycles. The van der Waals surface area contributed by atoms with Crippen LogP contribution in [-0.2, 0) is 11.2 Å². The van der Waals surface area contributed by atoms with E-state index in [0.717, 1.165) is 17.1 Å². The van der Waals surface area contributed by atoms with Crippen molar-refractivity contribution < 1.29 is 9.18 Å². The van der Waals surface area contributed by atoms with Crippen LogP contribution >= 0.6 is 0 Å². The van der Waals surface area contributed by atoms with Gasteiger partial charge in [0.1, 0.15) is 5.82 Å². The van der Waals surface area contributed by atoms with Gasteiger partial charge in [-0.1, -0.05) is 48.5 Å². The van der Waals surface area contributed by atoms with Gasteiger partial charge in [0, 0.05) is 31.7 Å². The number of carbonyl (C=O) groups excluding carboxylic acids is 1. The minimum atomic E-state index is -0.330. The molecule has 6 heteroatoms. The number of amides is 1. The van der Waals surface area contributed by atoms with Gasteiger partial charge in [-0.25, -0.2) is 4.39 Å². The molecular weight excluding hydrogens is 355 g/mol. The second-order valence-electron chi connectivity index (χ2n) is 6.78. The number of aromatic nitrogens is 2. The Morgan fingerprint density at radius 2 is 1.57 bits per heavy atom. The van der Waals surface area contributed by atoms with Crippen molar-refractivity contribution in [2.75, 3.05) is 31.1 Å². The number of halogens is 1. The molecule has 28 heavy (non-hydrogen) atoms. The highest BCUT2D eigenvalue weighted by Gasteiger charge is 2.22. The maximum Gasteiger partial charge on any atom is 0.227 e. The summed E-state index contributed by atoms with van der Waals surface area (Å²) in [7, 11) is 0. The van der Waals surface area contributed by atoms with E-state index >= 15 is 0 Å². The number of piperazine rings is 1. The lowest BCUT2D eigenvalue weighted by Crippen LogP contribution is -2.49. The van der Waals surface area contributed by atoms with Crippen LogP contribution in [0.5, 0.6) is 0 Å². The van der Waals surface area contributed by atoms with Crippen LogP contribution in [0, 0.1) is 5.82 Å². The Labute approximate surface area is 163 Å². The zero-order chi connectivity index (χ0) is 19.3. The number of hydrogen-bond acceptors (Lipinski definition) is 4. The number of hydrogen-bond donors (Lipinski definition) is 0. The summed E-state index contributed by atoms with van der Waals surface area (Å²) < 4.78 is 13.8. The highest BCUT2D eigenvalue weighted by molar-refractivity contribution is 5.79. The van der Waals surface area contributed by atoms with Gasteiger partial charge in [-0.2, -0.15) is 0 Å². The molecule has 142 valence electrons. The van der Waals surface area contributed by atoms with Gasteiger partial charge in [-0.15, -0.1) is 10.2 Å². The van der Waals surface area contributed by atoms with Crippen molar-refractivity contribution in [1.82, 2.24) is 15.1 Å². The lowest BCUT2D eigenvalue weighted by Gasteiger charge is -2.35. The van der Waals surface area contributed by atoms with Crippen molar-refractivity contribution in [2.45, 2.75) is 6.42 Å². The molecule has 1 aliphatic rings. The van der Waals surface area contributed by atoms with Crippen molar-refractivity contribution in [1.29, 1.82) is 0 Å². The van der Waals surface area contributed by atoms with Gasteiger partial charge in [-0.05, 0) is 23.8 Å². The smallest absolute Gasteiger partial charge is 0.227 e. The SMILES string of the molecule is O=C(Cc1ccccc1F)N1CCN(c2ccc(-c3ccccc3)nn2)CC1. The first-order valence-electron chi connectivity index (χ1n) is 9.36. The first-order chi connectivity index (χ1) is 13.7. The summed E-state index contributed by atoms with van der Waals surface area (Å²) in [5.74, 6) is 0.430. The predicted molar refractivity (Wildman–Crippen MR) is 106 cm³/mol. The van der Waals surface area contributed by atoms with Gasteiger partial charge in [0.25, 0.3) is 0 Å². The first kappa shape index (κ1) is 18.1. The van der Waals surface area contributed by atoms with E-state index in [-0.39, 0.29) is 18.1 Å². The van der Waals surface area contributed by atoms with Crippen molar-refractivity contribution in [2.24, 2.45) is 0 Å². The number of anilines is 1. The van der Waals surface area contributed by atoms with E-state index in [1.807, 2.05) is 42.5 Å². The third-order valence-corrected chi connectivity index (χ3v) is 4.98. The highest BCUT2D eigenvalue weighted by atomic mass is 19.1. The van der Waals surface area contributed by atoms with Crippen LogP contribution in [0.2, 0.25) is 0 Å². The number of rotatable bonds is 4. The van der Waals surface area contributed by atoms with E-state index < -0.39 is 0 Å². The van der Waals surface area contributed by atoms with Gasteiger partial charge in [0.15, 0.2) is 5.82 Å². The lowest BCUT2D eigenvalue weighted by molar-refractivity contribution is -0.130. The van der Waals surface area contributed by atoms with Crippen LogP contribution in [0.3, 0.4) is 0 Å². The Morgan fingerprint density at radius 1 is 0.857 bits per heavy atom. The summed E-state index contributed by atoms with van der Waals surface area (Å²) in [6.07, 6.45) is 0.0955. The molecule has 1 fully saturated rings. The molecule has 0 atom stereocenters. The predicted octanol–water partition coefficient (Wildman–Crippen LogP) is 3.17. The van der Waals surface area contributed by atoms with Gasteiger partial charge in [0.2, 0.25) is 5.91 Å². The van der Waals surface area contributed by atoms with E-state index in [9.17, 15) is 9.18 Å². The molecular formula is C22H21FN4O. The topological polar surface area (TPSA) is 49.3 Å². The van der Waals surface area contributed by atoms with Gasteiger partial charge in [0.05, 0.1) is 12.1 Å². The highest BCUT2D eigenvalue weighted by Crippen LogP contribution is 2.19. The fraction of sp³-hybridized carbons (Fsp3) is 0.227. The Morgan fingerprint density at radius 3 is 2.25 bits per heavy atom. The maximum absolute atomic E-state index is 13.8. The summed E-state index contributed by atoms with van der Waals surface area (Å²) in [5.41, 5.74) is 2.31. The second kappa shape index (κ2) is 8.17. The third kappa shape index (κ3) is 4.01. The first-order valence-corrected chi connectivity index (χ1v) is 9.36.